The first kappa shape index (κ1) is 25.8. The van der Waals surface area contributed by atoms with Gasteiger partial charge in [-0.3, -0.25) is 19.1 Å². The van der Waals surface area contributed by atoms with Crippen LogP contribution in [0.4, 0.5) is 0 Å². The Morgan fingerprint density at radius 3 is 2.39 bits per heavy atom. The van der Waals surface area contributed by atoms with Crippen LogP contribution in [0.1, 0.15) is 12.7 Å². The van der Waals surface area contributed by atoms with Gasteiger partial charge < -0.3 is 14.4 Å². The summed E-state index contributed by atoms with van der Waals surface area (Å²) in [6.45, 7) is 5.28. The Kier molecular flexibility index (Phi) is 7.91. The number of piperazine rings is 1. The van der Waals surface area contributed by atoms with Crippen molar-refractivity contribution < 1.29 is 14.3 Å². The monoisotopic (exact) mass is 532 g/mol. The molecular weight excluding hydrogens is 504 g/mol. The van der Waals surface area contributed by atoms with E-state index < -0.39 is 0 Å². The van der Waals surface area contributed by atoms with E-state index in [0.717, 1.165) is 0 Å². The summed E-state index contributed by atoms with van der Waals surface area (Å²) in [6.07, 6.45) is 0. The van der Waals surface area contributed by atoms with E-state index in [1.807, 2.05) is 49.4 Å². The fourth-order valence-corrected chi connectivity index (χ4v) is 4.70. The molecule has 0 radical (unpaired) electrons. The summed E-state index contributed by atoms with van der Waals surface area (Å²) in [5.41, 5.74) is 1.19. The molecule has 0 saturated carbocycles. The Morgan fingerprint density at radius 1 is 0.921 bits per heavy atom. The second-order valence-electron chi connectivity index (χ2n) is 8.99. The van der Waals surface area contributed by atoms with Crippen molar-refractivity contribution in [3.8, 4) is 17.2 Å². The van der Waals surface area contributed by atoms with E-state index in [4.69, 9.17) is 26.1 Å². The van der Waals surface area contributed by atoms with Crippen molar-refractivity contribution in [2.75, 3.05) is 39.4 Å². The van der Waals surface area contributed by atoms with Crippen LogP contribution < -0.4 is 15.0 Å². The molecule has 1 amide bonds. The zero-order chi connectivity index (χ0) is 26.5. The molecule has 0 aliphatic carbocycles. The Labute approximate surface area is 226 Å². The third kappa shape index (κ3) is 5.66. The van der Waals surface area contributed by atoms with Crippen molar-refractivity contribution in [1.29, 1.82) is 0 Å². The molecule has 4 aromatic rings. The standard InChI is InChI=1S/C29H29ClN4O4/c1-2-37-26-10-6-5-9-25(26)34-27(31-24-8-4-3-7-23(24)29(34)36)19-32-15-17-33(18-16-32)28(35)20-38-22-13-11-21(30)12-14-22/h3-14H,2,15-20H2,1H3. The molecule has 0 atom stereocenters. The zero-order valence-corrected chi connectivity index (χ0v) is 21.9. The fourth-order valence-electron chi connectivity index (χ4n) is 4.58. The quantitative estimate of drug-likeness (QED) is 0.339. The molecule has 0 bridgehead atoms. The minimum atomic E-state index is -0.133. The van der Waals surface area contributed by atoms with E-state index in [2.05, 4.69) is 4.90 Å². The van der Waals surface area contributed by atoms with Gasteiger partial charge in [0.2, 0.25) is 0 Å². The lowest BCUT2D eigenvalue weighted by molar-refractivity contribution is -0.135. The predicted octanol–water partition coefficient (Wildman–Crippen LogP) is 4.16. The largest absolute Gasteiger partial charge is 0.492 e. The second-order valence-corrected chi connectivity index (χ2v) is 9.42. The highest BCUT2D eigenvalue weighted by Gasteiger charge is 2.24. The van der Waals surface area contributed by atoms with Gasteiger partial charge in [-0.05, 0) is 55.5 Å². The summed E-state index contributed by atoms with van der Waals surface area (Å²) < 4.78 is 13.1. The van der Waals surface area contributed by atoms with Crippen molar-refractivity contribution in [2.24, 2.45) is 0 Å². The number of rotatable bonds is 8. The zero-order valence-electron chi connectivity index (χ0n) is 21.2. The molecule has 3 aromatic carbocycles. The number of ether oxygens (including phenoxy) is 2. The molecule has 196 valence electrons. The van der Waals surface area contributed by atoms with E-state index in [0.29, 0.717) is 78.3 Å². The number of benzene rings is 3. The van der Waals surface area contributed by atoms with Gasteiger partial charge in [0.05, 0.1) is 29.7 Å². The number of halogens is 1. The van der Waals surface area contributed by atoms with Crippen LogP contribution in [-0.2, 0) is 11.3 Å². The molecule has 1 saturated heterocycles. The van der Waals surface area contributed by atoms with Gasteiger partial charge in [0, 0.05) is 31.2 Å². The van der Waals surface area contributed by atoms with E-state index in [-0.39, 0.29) is 18.1 Å². The normalized spacial score (nSPS) is 14.0. The highest BCUT2D eigenvalue weighted by molar-refractivity contribution is 6.30. The van der Waals surface area contributed by atoms with Gasteiger partial charge >= 0.3 is 0 Å². The van der Waals surface area contributed by atoms with Gasteiger partial charge in [0.15, 0.2) is 6.61 Å². The van der Waals surface area contributed by atoms with Crippen molar-refractivity contribution in [1.82, 2.24) is 19.4 Å². The first-order valence-electron chi connectivity index (χ1n) is 12.6. The van der Waals surface area contributed by atoms with Crippen LogP contribution in [0.25, 0.3) is 16.6 Å². The number of carbonyl (C=O) groups is 1. The molecule has 2 heterocycles. The van der Waals surface area contributed by atoms with Crippen molar-refractivity contribution >= 4 is 28.4 Å². The average molecular weight is 533 g/mol. The van der Waals surface area contributed by atoms with Gasteiger partial charge in [-0.25, -0.2) is 4.98 Å². The van der Waals surface area contributed by atoms with Gasteiger partial charge in [-0.15, -0.1) is 0 Å². The SMILES string of the molecule is CCOc1ccccc1-n1c(CN2CCN(C(=O)COc3ccc(Cl)cc3)CC2)nc2ccccc2c1=O. The lowest BCUT2D eigenvalue weighted by Gasteiger charge is -2.34. The van der Waals surface area contributed by atoms with Crippen molar-refractivity contribution in [3.63, 3.8) is 0 Å². The second kappa shape index (κ2) is 11.7. The maximum absolute atomic E-state index is 13.7. The van der Waals surface area contributed by atoms with Crippen LogP contribution in [0.2, 0.25) is 5.02 Å². The van der Waals surface area contributed by atoms with E-state index in [1.165, 1.54) is 0 Å². The summed E-state index contributed by atoms with van der Waals surface area (Å²) in [5.74, 6) is 1.80. The van der Waals surface area contributed by atoms with Crippen molar-refractivity contribution in [3.05, 3.63) is 94.0 Å². The molecule has 1 aliphatic heterocycles. The Morgan fingerprint density at radius 2 is 1.63 bits per heavy atom. The molecule has 8 nitrogen and oxygen atoms in total. The van der Waals surface area contributed by atoms with Crippen LogP contribution in [-0.4, -0.2) is 64.7 Å². The Bertz CT molecular complexity index is 1480. The molecule has 0 N–H and O–H groups in total. The topological polar surface area (TPSA) is 76.9 Å². The van der Waals surface area contributed by atoms with E-state index in [9.17, 15) is 9.59 Å². The van der Waals surface area contributed by atoms with Crippen molar-refractivity contribution in [2.45, 2.75) is 13.5 Å². The van der Waals surface area contributed by atoms with E-state index >= 15 is 0 Å². The maximum Gasteiger partial charge on any atom is 0.266 e. The number of aromatic nitrogens is 2. The third-order valence-corrected chi connectivity index (χ3v) is 6.77. The number of hydrogen-bond donors (Lipinski definition) is 0. The average Bonchev–Trinajstić information content (AvgIpc) is 2.94. The van der Waals surface area contributed by atoms with Gasteiger partial charge in [-0.1, -0.05) is 35.9 Å². The molecule has 5 rings (SSSR count). The number of fused-ring (bicyclic) bond motifs is 1. The molecule has 1 aliphatic rings. The minimum Gasteiger partial charge on any atom is -0.492 e. The third-order valence-electron chi connectivity index (χ3n) is 6.52. The van der Waals surface area contributed by atoms with Crippen LogP contribution in [0, 0.1) is 0 Å². The minimum absolute atomic E-state index is 0.0262. The summed E-state index contributed by atoms with van der Waals surface area (Å²) in [4.78, 5) is 35.3. The van der Waals surface area contributed by atoms with Crippen LogP contribution >= 0.6 is 11.6 Å². The molecule has 1 aromatic heterocycles. The summed E-state index contributed by atoms with van der Waals surface area (Å²) >= 11 is 5.91. The number of hydrogen-bond acceptors (Lipinski definition) is 6. The van der Waals surface area contributed by atoms with E-state index in [1.54, 1.807) is 39.8 Å². The van der Waals surface area contributed by atoms with Gasteiger partial charge in [0.1, 0.15) is 17.3 Å². The van der Waals surface area contributed by atoms with Crippen LogP contribution in [0.5, 0.6) is 11.5 Å². The van der Waals surface area contributed by atoms with Crippen LogP contribution in [0.3, 0.4) is 0 Å². The number of amides is 1. The fraction of sp³-hybridized carbons (Fsp3) is 0.276. The predicted molar refractivity (Wildman–Crippen MR) is 147 cm³/mol. The first-order chi connectivity index (χ1) is 18.5. The summed E-state index contributed by atoms with van der Waals surface area (Å²) in [7, 11) is 0. The first-order valence-corrected chi connectivity index (χ1v) is 13.0. The highest BCUT2D eigenvalue weighted by atomic mass is 35.5. The Balaban J connectivity index is 1.33. The van der Waals surface area contributed by atoms with Gasteiger partial charge in [-0.2, -0.15) is 0 Å². The number of para-hydroxylation sites is 3. The molecule has 1 fully saturated rings. The highest BCUT2D eigenvalue weighted by Crippen LogP contribution is 2.24. The molecular formula is C29H29ClN4O4. The smallest absolute Gasteiger partial charge is 0.266 e. The lowest BCUT2D eigenvalue weighted by Crippen LogP contribution is -2.50. The molecule has 9 heteroatoms. The molecule has 0 unspecified atom stereocenters. The van der Waals surface area contributed by atoms with Gasteiger partial charge in [0.25, 0.3) is 11.5 Å². The number of carbonyl (C=O) groups excluding carboxylic acids is 1. The maximum atomic E-state index is 13.7. The molecule has 38 heavy (non-hydrogen) atoms. The summed E-state index contributed by atoms with van der Waals surface area (Å²) in [5, 5.41) is 1.17. The van der Waals surface area contributed by atoms with Crippen LogP contribution in [0.15, 0.2) is 77.6 Å². The number of nitrogens with zero attached hydrogens (tertiary/aromatic N) is 4. The Hall–Kier alpha value is -3.88. The lowest BCUT2D eigenvalue weighted by atomic mass is 10.2. The molecule has 0 spiro atoms. The summed E-state index contributed by atoms with van der Waals surface area (Å²) in [6, 6.07) is 21.8.